The van der Waals surface area contributed by atoms with Gasteiger partial charge in [0, 0.05) is 38.4 Å². The zero-order valence-electron chi connectivity index (χ0n) is 12.4. The highest BCUT2D eigenvalue weighted by molar-refractivity contribution is 9.10. The summed E-state index contributed by atoms with van der Waals surface area (Å²) in [6.45, 7) is 4.92. The van der Waals surface area contributed by atoms with Crippen LogP contribution in [-0.2, 0) is 9.47 Å². The largest absolute Gasteiger partial charge is 0.389 e. The van der Waals surface area contributed by atoms with E-state index in [1.165, 1.54) is 0 Å². The molecule has 0 aromatic heterocycles. The number of hydrogen-bond acceptors (Lipinski definition) is 4. The van der Waals surface area contributed by atoms with Crippen LogP contribution in [0, 0.1) is 0 Å². The van der Waals surface area contributed by atoms with Gasteiger partial charge in [0.05, 0.1) is 18.4 Å². The fourth-order valence-corrected chi connectivity index (χ4v) is 2.64. The summed E-state index contributed by atoms with van der Waals surface area (Å²) >= 11 is 3.59. The molecule has 1 aromatic rings. The number of aliphatic hydroxyl groups excluding tert-OH is 1. The Hall–Kier alpha value is -0.620. The average Bonchev–Trinajstić information content (AvgIpc) is 2.43. The minimum absolute atomic E-state index is 0.457. The van der Waals surface area contributed by atoms with Gasteiger partial charge in [0.25, 0.3) is 0 Å². The zero-order valence-corrected chi connectivity index (χ0v) is 14.0. The standard InChI is InChI=1S/C15H24BrNO3/c1-12(18)13-5-6-15(14(16)11-13)17(8-10-20-3)7-4-9-19-2/h5-6,11-12,18H,4,7-10H2,1-3H3/t12-/m0/s1. The first-order valence-corrected chi connectivity index (χ1v) is 7.59. The van der Waals surface area contributed by atoms with Gasteiger partial charge in [-0.2, -0.15) is 0 Å². The first-order chi connectivity index (χ1) is 9.60. The summed E-state index contributed by atoms with van der Waals surface area (Å²) in [5.74, 6) is 0. The molecule has 1 N–H and O–H groups in total. The average molecular weight is 346 g/mol. The molecule has 0 fully saturated rings. The summed E-state index contributed by atoms with van der Waals surface area (Å²) in [4.78, 5) is 2.26. The van der Waals surface area contributed by atoms with Gasteiger partial charge in [0.1, 0.15) is 0 Å². The van der Waals surface area contributed by atoms with Crippen LogP contribution in [0.4, 0.5) is 5.69 Å². The smallest absolute Gasteiger partial charge is 0.0762 e. The first kappa shape index (κ1) is 17.4. The molecule has 0 saturated heterocycles. The van der Waals surface area contributed by atoms with E-state index in [0.717, 1.165) is 41.8 Å². The van der Waals surface area contributed by atoms with Crippen molar-refractivity contribution in [2.45, 2.75) is 19.4 Å². The van der Waals surface area contributed by atoms with E-state index in [9.17, 15) is 5.11 Å². The topological polar surface area (TPSA) is 41.9 Å². The van der Waals surface area contributed by atoms with E-state index in [4.69, 9.17) is 9.47 Å². The normalized spacial score (nSPS) is 12.4. The number of nitrogens with zero attached hydrogens (tertiary/aromatic N) is 1. The lowest BCUT2D eigenvalue weighted by molar-refractivity contribution is 0.191. The van der Waals surface area contributed by atoms with E-state index in [-0.39, 0.29) is 0 Å². The second-order valence-electron chi connectivity index (χ2n) is 4.71. The van der Waals surface area contributed by atoms with E-state index in [1.807, 2.05) is 18.2 Å². The maximum absolute atomic E-state index is 9.62. The second-order valence-corrected chi connectivity index (χ2v) is 5.57. The number of anilines is 1. The van der Waals surface area contributed by atoms with Crippen LogP contribution >= 0.6 is 15.9 Å². The molecule has 0 unspecified atom stereocenters. The number of rotatable bonds is 9. The number of halogens is 1. The highest BCUT2D eigenvalue weighted by atomic mass is 79.9. The van der Waals surface area contributed by atoms with Gasteiger partial charge in [-0.1, -0.05) is 6.07 Å². The maximum atomic E-state index is 9.62. The first-order valence-electron chi connectivity index (χ1n) is 6.80. The minimum atomic E-state index is -0.457. The highest BCUT2D eigenvalue weighted by Crippen LogP contribution is 2.29. The van der Waals surface area contributed by atoms with Gasteiger partial charge in [0.15, 0.2) is 0 Å². The third-order valence-corrected chi connectivity index (χ3v) is 3.77. The van der Waals surface area contributed by atoms with Crippen LogP contribution in [0.1, 0.15) is 25.0 Å². The number of benzene rings is 1. The van der Waals surface area contributed by atoms with Crippen LogP contribution in [0.25, 0.3) is 0 Å². The molecule has 0 radical (unpaired) electrons. The Labute approximate surface area is 129 Å². The Morgan fingerprint density at radius 3 is 2.45 bits per heavy atom. The van der Waals surface area contributed by atoms with Crippen molar-refractivity contribution in [3.05, 3.63) is 28.2 Å². The number of methoxy groups -OCH3 is 2. The minimum Gasteiger partial charge on any atom is -0.389 e. The molecule has 5 heteroatoms. The van der Waals surface area contributed by atoms with Crippen molar-refractivity contribution >= 4 is 21.6 Å². The van der Waals surface area contributed by atoms with Crippen molar-refractivity contribution in [1.29, 1.82) is 0 Å². The Bertz CT molecular complexity index is 399. The van der Waals surface area contributed by atoms with Crippen LogP contribution in [0.3, 0.4) is 0 Å². The van der Waals surface area contributed by atoms with Gasteiger partial charge in [-0.15, -0.1) is 0 Å². The SMILES string of the molecule is COCCCN(CCOC)c1ccc([C@H](C)O)cc1Br. The number of hydrogen-bond donors (Lipinski definition) is 1. The number of aliphatic hydroxyl groups is 1. The maximum Gasteiger partial charge on any atom is 0.0762 e. The van der Waals surface area contributed by atoms with E-state index in [2.05, 4.69) is 20.8 Å². The van der Waals surface area contributed by atoms with Crippen molar-refractivity contribution in [3.63, 3.8) is 0 Å². The third-order valence-electron chi connectivity index (χ3n) is 3.14. The van der Waals surface area contributed by atoms with Crippen LogP contribution < -0.4 is 4.90 Å². The molecular weight excluding hydrogens is 322 g/mol. The molecule has 4 nitrogen and oxygen atoms in total. The third kappa shape index (κ3) is 5.40. The molecule has 0 saturated carbocycles. The lowest BCUT2D eigenvalue weighted by Crippen LogP contribution is -2.29. The van der Waals surface area contributed by atoms with Gasteiger partial charge in [0.2, 0.25) is 0 Å². The Morgan fingerprint density at radius 2 is 1.90 bits per heavy atom. The van der Waals surface area contributed by atoms with Crippen molar-refractivity contribution in [2.24, 2.45) is 0 Å². The zero-order chi connectivity index (χ0) is 15.0. The van der Waals surface area contributed by atoms with E-state index < -0.39 is 6.10 Å². The van der Waals surface area contributed by atoms with Crippen molar-refractivity contribution < 1.29 is 14.6 Å². The van der Waals surface area contributed by atoms with Crippen LogP contribution in [0.5, 0.6) is 0 Å². The van der Waals surface area contributed by atoms with Crippen LogP contribution in [-0.4, -0.2) is 45.6 Å². The monoisotopic (exact) mass is 345 g/mol. The molecule has 1 rings (SSSR count). The van der Waals surface area contributed by atoms with Gasteiger partial charge in [-0.25, -0.2) is 0 Å². The molecule has 114 valence electrons. The summed E-state index contributed by atoms with van der Waals surface area (Å²) in [6.07, 6.45) is 0.506. The summed E-state index contributed by atoms with van der Waals surface area (Å²) in [5.41, 5.74) is 2.02. The van der Waals surface area contributed by atoms with Gasteiger partial charge < -0.3 is 19.5 Å². The fourth-order valence-electron chi connectivity index (χ4n) is 1.99. The molecule has 0 amide bonds. The Morgan fingerprint density at radius 1 is 1.20 bits per heavy atom. The quantitative estimate of drug-likeness (QED) is 0.698. The van der Waals surface area contributed by atoms with Gasteiger partial charge in [-0.05, 0) is 47.0 Å². The van der Waals surface area contributed by atoms with E-state index in [1.54, 1.807) is 21.1 Å². The summed E-state index contributed by atoms with van der Waals surface area (Å²) in [5, 5.41) is 9.62. The molecule has 20 heavy (non-hydrogen) atoms. The summed E-state index contributed by atoms with van der Waals surface area (Å²) < 4.78 is 11.3. The van der Waals surface area contributed by atoms with Crippen molar-refractivity contribution in [3.8, 4) is 0 Å². The molecule has 0 spiro atoms. The van der Waals surface area contributed by atoms with Gasteiger partial charge in [-0.3, -0.25) is 0 Å². The molecule has 1 atom stereocenters. The van der Waals surface area contributed by atoms with Crippen molar-refractivity contribution in [2.75, 3.05) is 45.4 Å². The molecule has 0 aliphatic heterocycles. The predicted octanol–water partition coefficient (Wildman–Crippen LogP) is 2.99. The summed E-state index contributed by atoms with van der Waals surface area (Å²) in [7, 11) is 3.42. The molecule has 0 aliphatic carbocycles. The fraction of sp³-hybridized carbons (Fsp3) is 0.600. The van der Waals surface area contributed by atoms with E-state index >= 15 is 0 Å². The molecular formula is C15H24BrNO3. The Kier molecular flexibility index (Phi) is 8.14. The van der Waals surface area contributed by atoms with E-state index in [0.29, 0.717) is 6.61 Å². The summed E-state index contributed by atoms with van der Waals surface area (Å²) in [6, 6.07) is 5.96. The second kappa shape index (κ2) is 9.34. The predicted molar refractivity (Wildman–Crippen MR) is 85.4 cm³/mol. The highest BCUT2D eigenvalue weighted by Gasteiger charge is 2.12. The van der Waals surface area contributed by atoms with Gasteiger partial charge >= 0.3 is 0 Å². The molecule has 0 aliphatic rings. The van der Waals surface area contributed by atoms with Crippen LogP contribution in [0.2, 0.25) is 0 Å². The molecule has 0 heterocycles. The lowest BCUT2D eigenvalue weighted by atomic mass is 10.1. The lowest BCUT2D eigenvalue weighted by Gasteiger charge is -2.26. The molecule has 1 aromatic carbocycles. The van der Waals surface area contributed by atoms with Crippen LogP contribution in [0.15, 0.2) is 22.7 Å². The molecule has 0 bridgehead atoms. The number of ether oxygens (including phenoxy) is 2. The Balaban J connectivity index is 2.82. The van der Waals surface area contributed by atoms with Crippen molar-refractivity contribution in [1.82, 2.24) is 0 Å².